The Balaban J connectivity index is 2.30. The Kier molecular flexibility index (Phi) is 2.00. The maximum atomic E-state index is 11.4. The molecule has 4 heteroatoms. The predicted molar refractivity (Wildman–Crippen MR) is 50.6 cm³/mol. The third-order valence-corrected chi connectivity index (χ3v) is 2.57. The maximum Gasteiger partial charge on any atom is 0.326 e. The van der Waals surface area contributed by atoms with E-state index in [0.29, 0.717) is 12.8 Å². The first kappa shape index (κ1) is 9.15. The van der Waals surface area contributed by atoms with Crippen LogP contribution in [0.5, 0.6) is 0 Å². The van der Waals surface area contributed by atoms with Crippen LogP contribution in [0.2, 0.25) is 0 Å². The van der Waals surface area contributed by atoms with E-state index in [1.807, 2.05) is 12.1 Å². The molecule has 1 aliphatic carbocycles. The van der Waals surface area contributed by atoms with E-state index in [9.17, 15) is 4.79 Å². The zero-order valence-corrected chi connectivity index (χ0v) is 7.99. The van der Waals surface area contributed by atoms with Crippen LogP contribution in [0.15, 0.2) is 18.3 Å². The predicted octanol–water partition coefficient (Wildman–Crippen LogP) is 0.0507. The second-order valence-electron chi connectivity index (χ2n) is 3.61. The summed E-state index contributed by atoms with van der Waals surface area (Å²) >= 11 is 0. The zero-order valence-electron chi connectivity index (χ0n) is 7.99. The van der Waals surface area contributed by atoms with Crippen molar-refractivity contribution in [3.8, 4) is 0 Å². The van der Waals surface area contributed by atoms with Gasteiger partial charge in [0.1, 0.15) is 5.54 Å². The minimum absolute atomic E-state index is 0.365. The summed E-state index contributed by atoms with van der Waals surface area (Å²) < 4.78 is 4.68. The average molecular weight is 192 g/mol. The number of hydrogen-bond donors (Lipinski definition) is 1. The highest BCUT2D eigenvalue weighted by Gasteiger charge is 2.41. The van der Waals surface area contributed by atoms with E-state index in [2.05, 4.69) is 9.72 Å². The third-order valence-electron chi connectivity index (χ3n) is 2.57. The van der Waals surface area contributed by atoms with Crippen LogP contribution in [0.3, 0.4) is 0 Å². The van der Waals surface area contributed by atoms with Crippen molar-refractivity contribution in [2.45, 2.75) is 18.4 Å². The van der Waals surface area contributed by atoms with E-state index >= 15 is 0 Å². The molecule has 2 N–H and O–H groups in total. The van der Waals surface area contributed by atoms with Crippen molar-refractivity contribution >= 4 is 5.97 Å². The summed E-state index contributed by atoms with van der Waals surface area (Å²) in [6.45, 7) is 0. The summed E-state index contributed by atoms with van der Waals surface area (Å²) in [7, 11) is 1.35. The first-order valence-electron chi connectivity index (χ1n) is 4.46. The number of hydrogen-bond acceptors (Lipinski definition) is 4. The number of nitrogens with zero attached hydrogens (tertiary/aromatic N) is 1. The van der Waals surface area contributed by atoms with Gasteiger partial charge in [0.15, 0.2) is 0 Å². The minimum atomic E-state index is -0.911. The summed E-state index contributed by atoms with van der Waals surface area (Å²) in [6.07, 6.45) is 2.69. The number of carbonyl (C=O) groups excluding carboxylic acids is 1. The van der Waals surface area contributed by atoms with Gasteiger partial charge in [0, 0.05) is 24.7 Å². The van der Waals surface area contributed by atoms with Gasteiger partial charge >= 0.3 is 5.97 Å². The van der Waals surface area contributed by atoms with Gasteiger partial charge in [0.25, 0.3) is 0 Å². The molecule has 0 radical (unpaired) electrons. The lowest BCUT2D eigenvalue weighted by Crippen LogP contribution is -2.49. The lowest BCUT2D eigenvalue weighted by atomic mass is 9.98. The summed E-state index contributed by atoms with van der Waals surface area (Å²) in [4.78, 5) is 15.6. The monoisotopic (exact) mass is 192 g/mol. The van der Waals surface area contributed by atoms with Gasteiger partial charge in [-0.3, -0.25) is 9.78 Å². The molecule has 0 aromatic carbocycles. The molecule has 1 aromatic heterocycles. The Morgan fingerprint density at radius 2 is 2.43 bits per heavy atom. The van der Waals surface area contributed by atoms with Gasteiger partial charge in [-0.15, -0.1) is 0 Å². The number of methoxy groups -OCH3 is 1. The zero-order chi connectivity index (χ0) is 10.2. The Morgan fingerprint density at radius 3 is 3.07 bits per heavy atom. The number of pyridine rings is 1. The molecule has 0 aliphatic heterocycles. The number of ether oxygens (including phenoxy) is 1. The minimum Gasteiger partial charge on any atom is -0.468 e. The topological polar surface area (TPSA) is 65.2 Å². The van der Waals surface area contributed by atoms with E-state index in [4.69, 9.17) is 5.73 Å². The van der Waals surface area contributed by atoms with Crippen LogP contribution >= 0.6 is 0 Å². The molecule has 1 heterocycles. The highest BCUT2D eigenvalue weighted by molar-refractivity contribution is 5.82. The van der Waals surface area contributed by atoms with Gasteiger partial charge in [0.05, 0.1) is 7.11 Å². The number of aromatic nitrogens is 1. The van der Waals surface area contributed by atoms with Crippen LogP contribution in [0.25, 0.3) is 0 Å². The van der Waals surface area contributed by atoms with Crippen molar-refractivity contribution in [3.63, 3.8) is 0 Å². The third kappa shape index (κ3) is 1.28. The first-order chi connectivity index (χ1) is 6.65. The molecule has 0 fully saturated rings. The summed E-state index contributed by atoms with van der Waals surface area (Å²) in [5.41, 5.74) is 6.98. The molecular weight excluding hydrogens is 180 g/mol. The molecule has 74 valence electrons. The highest BCUT2D eigenvalue weighted by Crippen LogP contribution is 2.27. The number of carbonyl (C=O) groups is 1. The van der Waals surface area contributed by atoms with Gasteiger partial charge in [0.2, 0.25) is 0 Å². The van der Waals surface area contributed by atoms with Crippen molar-refractivity contribution in [3.05, 3.63) is 29.6 Å². The molecule has 2 rings (SSSR count). The number of esters is 1. The largest absolute Gasteiger partial charge is 0.468 e. The highest BCUT2D eigenvalue weighted by atomic mass is 16.5. The molecule has 0 spiro atoms. The summed E-state index contributed by atoms with van der Waals surface area (Å²) in [5.74, 6) is -0.365. The standard InChI is InChI=1S/C10H12N2O2/c1-14-9(13)10(11)5-7-3-2-4-12-8(7)6-10/h2-4H,5-6,11H2,1H3. The summed E-state index contributed by atoms with van der Waals surface area (Å²) in [6, 6.07) is 3.79. The Labute approximate surface area is 82.1 Å². The lowest BCUT2D eigenvalue weighted by Gasteiger charge is -2.19. The molecule has 0 saturated heterocycles. The lowest BCUT2D eigenvalue weighted by molar-refractivity contribution is -0.146. The van der Waals surface area contributed by atoms with Crippen LogP contribution < -0.4 is 5.73 Å². The van der Waals surface area contributed by atoms with Crippen LogP contribution in [0.1, 0.15) is 11.3 Å². The van der Waals surface area contributed by atoms with Gasteiger partial charge in [-0.2, -0.15) is 0 Å². The first-order valence-corrected chi connectivity index (χ1v) is 4.46. The van der Waals surface area contributed by atoms with Crippen LogP contribution in [0, 0.1) is 0 Å². The van der Waals surface area contributed by atoms with Gasteiger partial charge in [-0.05, 0) is 11.6 Å². The van der Waals surface area contributed by atoms with Crippen molar-refractivity contribution in [1.82, 2.24) is 4.98 Å². The number of rotatable bonds is 1. The van der Waals surface area contributed by atoms with Crippen LogP contribution in [0.4, 0.5) is 0 Å². The van der Waals surface area contributed by atoms with E-state index in [1.54, 1.807) is 6.20 Å². The molecule has 0 amide bonds. The molecule has 0 bridgehead atoms. The SMILES string of the molecule is COC(=O)C1(N)Cc2cccnc2C1. The fourth-order valence-corrected chi connectivity index (χ4v) is 1.84. The molecule has 14 heavy (non-hydrogen) atoms. The second-order valence-corrected chi connectivity index (χ2v) is 3.61. The van der Waals surface area contributed by atoms with Crippen LogP contribution in [-0.2, 0) is 22.4 Å². The molecule has 1 aromatic rings. The molecule has 4 nitrogen and oxygen atoms in total. The van der Waals surface area contributed by atoms with E-state index in [1.165, 1.54) is 7.11 Å². The van der Waals surface area contributed by atoms with Crippen molar-refractivity contribution in [2.75, 3.05) is 7.11 Å². The molecule has 1 aliphatic rings. The van der Waals surface area contributed by atoms with E-state index in [0.717, 1.165) is 11.3 Å². The average Bonchev–Trinajstić information content (AvgIpc) is 2.54. The van der Waals surface area contributed by atoms with E-state index in [-0.39, 0.29) is 5.97 Å². The van der Waals surface area contributed by atoms with Gasteiger partial charge < -0.3 is 10.5 Å². The molecule has 0 saturated carbocycles. The fraction of sp³-hybridized carbons (Fsp3) is 0.400. The summed E-state index contributed by atoms with van der Waals surface area (Å²) in [5, 5.41) is 0. The van der Waals surface area contributed by atoms with Gasteiger partial charge in [-0.1, -0.05) is 6.07 Å². The Hall–Kier alpha value is -1.42. The quantitative estimate of drug-likeness (QED) is 0.638. The van der Waals surface area contributed by atoms with Gasteiger partial charge in [-0.25, -0.2) is 0 Å². The normalized spacial score (nSPS) is 24.4. The number of fused-ring (bicyclic) bond motifs is 1. The van der Waals surface area contributed by atoms with E-state index < -0.39 is 5.54 Å². The van der Waals surface area contributed by atoms with Crippen LogP contribution in [-0.4, -0.2) is 23.6 Å². The smallest absolute Gasteiger partial charge is 0.326 e. The van der Waals surface area contributed by atoms with Crippen molar-refractivity contribution < 1.29 is 9.53 Å². The Bertz CT molecular complexity index is 351. The molecular formula is C10H12N2O2. The van der Waals surface area contributed by atoms with Crippen molar-refractivity contribution in [2.24, 2.45) is 5.73 Å². The number of nitrogens with two attached hydrogens (primary N) is 1. The van der Waals surface area contributed by atoms with Crippen molar-refractivity contribution in [1.29, 1.82) is 0 Å². The maximum absolute atomic E-state index is 11.4. The molecule has 1 unspecified atom stereocenters. The Morgan fingerprint density at radius 1 is 1.64 bits per heavy atom. The fourth-order valence-electron chi connectivity index (χ4n) is 1.84. The molecule has 1 atom stereocenters. The second kappa shape index (κ2) is 3.06.